The van der Waals surface area contributed by atoms with E-state index >= 15 is 0 Å². The molecule has 0 aromatic carbocycles. The fourth-order valence-electron chi connectivity index (χ4n) is 1.73. The molecule has 0 aliphatic carbocycles. The average Bonchev–Trinajstić information content (AvgIpc) is 2.39. The Morgan fingerprint density at radius 3 is 2.72 bits per heavy atom. The highest BCUT2D eigenvalue weighted by molar-refractivity contribution is 9.10. The van der Waals surface area contributed by atoms with E-state index in [4.69, 9.17) is 4.74 Å². The third-order valence-corrected chi connectivity index (χ3v) is 4.99. The Balaban J connectivity index is 2.42. The van der Waals surface area contributed by atoms with Crippen molar-refractivity contribution in [2.75, 3.05) is 38.7 Å². The number of hydrogen-bond acceptors (Lipinski definition) is 5. The van der Waals surface area contributed by atoms with Gasteiger partial charge in [0.2, 0.25) is 10.0 Å². The second-order valence-corrected chi connectivity index (χ2v) is 6.59. The highest BCUT2D eigenvalue weighted by Gasteiger charge is 2.29. The minimum Gasteiger partial charge on any atom is -0.379 e. The predicted molar refractivity (Wildman–Crippen MR) is 71.1 cm³/mol. The lowest BCUT2D eigenvalue weighted by Crippen LogP contribution is -2.40. The van der Waals surface area contributed by atoms with Crippen molar-refractivity contribution >= 4 is 31.8 Å². The van der Waals surface area contributed by atoms with Crippen molar-refractivity contribution in [3.63, 3.8) is 0 Å². The van der Waals surface area contributed by atoms with E-state index in [2.05, 4.69) is 26.2 Å². The first-order valence-electron chi connectivity index (χ1n) is 5.47. The van der Waals surface area contributed by atoms with Gasteiger partial charge in [-0.1, -0.05) is 0 Å². The molecule has 1 N–H and O–H groups in total. The predicted octanol–water partition coefficient (Wildman–Crippen LogP) is 0.907. The summed E-state index contributed by atoms with van der Waals surface area (Å²) in [5, 5.41) is 2.80. The van der Waals surface area contributed by atoms with Crippen molar-refractivity contribution in [1.82, 2.24) is 9.29 Å². The van der Waals surface area contributed by atoms with Crippen LogP contribution in [0, 0.1) is 0 Å². The van der Waals surface area contributed by atoms with Crippen molar-refractivity contribution in [2.45, 2.75) is 4.90 Å². The van der Waals surface area contributed by atoms with E-state index in [0.717, 1.165) is 0 Å². The van der Waals surface area contributed by atoms with Crippen LogP contribution in [0.4, 0.5) is 5.82 Å². The fraction of sp³-hybridized carbons (Fsp3) is 0.500. The summed E-state index contributed by atoms with van der Waals surface area (Å²) in [5.74, 6) is 0.352. The lowest BCUT2D eigenvalue weighted by Gasteiger charge is -2.26. The molecule has 1 fully saturated rings. The second-order valence-electron chi connectivity index (χ2n) is 3.77. The highest BCUT2D eigenvalue weighted by Crippen LogP contribution is 2.26. The number of halogens is 1. The third kappa shape index (κ3) is 2.66. The van der Waals surface area contributed by atoms with Crippen LogP contribution in [0.1, 0.15) is 0 Å². The number of pyridine rings is 1. The van der Waals surface area contributed by atoms with Crippen molar-refractivity contribution in [2.24, 2.45) is 0 Å². The van der Waals surface area contributed by atoms with Crippen LogP contribution in [0.3, 0.4) is 0 Å². The molecule has 8 heteroatoms. The molecule has 0 spiro atoms. The second kappa shape index (κ2) is 5.52. The number of nitrogens with one attached hydrogen (secondary N) is 1. The number of ether oxygens (including phenoxy) is 1. The van der Waals surface area contributed by atoms with Crippen molar-refractivity contribution in [1.29, 1.82) is 0 Å². The molecule has 0 radical (unpaired) electrons. The quantitative estimate of drug-likeness (QED) is 0.888. The average molecular weight is 336 g/mol. The van der Waals surface area contributed by atoms with E-state index in [0.29, 0.717) is 36.6 Å². The summed E-state index contributed by atoms with van der Waals surface area (Å²) in [6.07, 6.45) is 1.56. The minimum atomic E-state index is -3.53. The lowest BCUT2D eigenvalue weighted by atomic mass is 10.4. The zero-order chi connectivity index (χ0) is 13.2. The topological polar surface area (TPSA) is 71.5 Å². The van der Waals surface area contributed by atoms with Gasteiger partial charge in [0.25, 0.3) is 0 Å². The number of aromatic nitrogens is 1. The highest BCUT2D eigenvalue weighted by atomic mass is 79.9. The zero-order valence-electron chi connectivity index (χ0n) is 9.89. The van der Waals surface area contributed by atoms with Gasteiger partial charge in [0.05, 0.1) is 13.2 Å². The van der Waals surface area contributed by atoms with E-state index < -0.39 is 10.0 Å². The van der Waals surface area contributed by atoms with Gasteiger partial charge in [-0.2, -0.15) is 4.31 Å². The van der Waals surface area contributed by atoms with E-state index in [9.17, 15) is 8.42 Å². The summed E-state index contributed by atoms with van der Waals surface area (Å²) in [4.78, 5) is 4.24. The monoisotopic (exact) mass is 335 g/mol. The molecule has 0 unspecified atom stereocenters. The number of rotatable bonds is 3. The number of sulfonamides is 1. The summed E-state index contributed by atoms with van der Waals surface area (Å²) in [5.41, 5.74) is 0. The van der Waals surface area contributed by atoms with Crippen LogP contribution in [0.15, 0.2) is 21.6 Å². The first-order valence-corrected chi connectivity index (χ1v) is 7.70. The molecule has 18 heavy (non-hydrogen) atoms. The molecular formula is C10H14BrN3O3S. The van der Waals surface area contributed by atoms with Crippen LogP contribution in [0.25, 0.3) is 0 Å². The van der Waals surface area contributed by atoms with Crippen LogP contribution in [-0.2, 0) is 14.8 Å². The standard InChI is InChI=1S/C10H14BrN3O3S/c1-12-10-9(6-8(11)7-13-10)18(15,16)14-2-4-17-5-3-14/h6-7H,2-5H2,1H3,(H,12,13). The van der Waals surface area contributed by atoms with Gasteiger partial charge in [-0.05, 0) is 22.0 Å². The number of anilines is 1. The van der Waals surface area contributed by atoms with Gasteiger partial charge in [0.1, 0.15) is 10.7 Å². The van der Waals surface area contributed by atoms with Gasteiger partial charge in [-0.15, -0.1) is 0 Å². The molecule has 0 atom stereocenters. The smallest absolute Gasteiger partial charge is 0.246 e. The Kier molecular flexibility index (Phi) is 4.21. The third-order valence-electron chi connectivity index (χ3n) is 2.64. The van der Waals surface area contributed by atoms with Crippen LogP contribution < -0.4 is 5.32 Å². The summed E-state index contributed by atoms with van der Waals surface area (Å²) in [6.45, 7) is 1.60. The Labute approximate surface area is 115 Å². The van der Waals surface area contributed by atoms with E-state index in [-0.39, 0.29) is 4.90 Å². The van der Waals surface area contributed by atoms with Gasteiger partial charge in [-0.25, -0.2) is 13.4 Å². The number of hydrogen-bond donors (Lipinski definition) is 1. The Morgan fingerprint density at radius 1 is 1.44 bits per heavy atom. The van der Waals surface area contributed by atoms with Crippen LogP contribution in [-0.4, -0.2) is 51.1 Å². The molecule has 0 bridgehead atoms. The molecule has 6 nitrogen and oxygen atoms in total. The Hall–Kier alpha value is -0.700. The first kappa shape index (κ1) is 13.7. The summed E-state index contributed by atoms with van der Waals surface area (Å²) in [7, 11) is -1.88. The fourth-order valence-corrected chi connectivity index (χ4v) is 3.80. The van der Waals surface area contributed by atoms with E-state index in [1.807, 2.05) is 0 Å². The van der Waals surface area contributed by atoms with Gasteiger partial charge < -0.3 is 10.1 Å². The summed E-state index contributed by atoms with van der Waals surface area (Å²) >= 11 is 3.24. The molecule has 1 aromatic rings. The van der Waals surface area contributed by atoms with Crippen LogP contribution >= 0.6 is 15.9 Å². The number of morpholine rings is 1. The SMILES string of the molecule is CNc1ncc(Br)cc1S(=O)(=O)N1CCOCC1. The molecular weight excluding hydrogens is 322 g/mol. The maximum atomic E-state index is 12.5. The van der Waals surface area contributed by atoms with Crippen molar-refractivity contribution < 1.29 is 13.2 Å². The van der Waals surface area contributed by atoms with Gasteiger partial charge >= 0.3 is 0 Å². The summed E-state index contributed by atoms with van der Waals surface area (Å²) in [6, 6.07) is 1.56. The molecule has 2 heterocycles. The molecule has 0 amide bonds. The minimum absolute atomic E-state index is 0.182. The van der Waals surface area contributed by atoms with Gasteiger partial charge in [0, 0.05) is 30.8 Å². The maximum absolute atomic E-state index is 12.5. The van der Waals surface area contributed by atoms with Crippen molar-refractivity contribution in [3.8, 4) is 0 Å². The molecule has 0 saturated carbocycles. The molecule has 1 aliphatic heterocycles. The van der Waals surface area contributed by atoms with E-state index in [1.165, 1.54) is 4.31 Å². The van der Waals surface area contributed by atoms with Gasteiger partial charge in [0.15, 0.2) is 0 Å². The first-order chi connectivity index (χ1) is 8.55. The Bertz CT molecular complexity index is 529. The molecule has 1 aromatic heterocycles. The normalized spacial score (nSPS) is 17.7. The van der Waals surface area contributed by atoms with Gasteiger partial charge in [-0.3, -0.25) is 0 Å². The molecule has 2 rings (SSSR count). The molecule has 1 saturated heterocycles. The largest absolute Gasteiger partial charge is 0.379 e. The molecule has 100 valence electrons. The summed E-state index contributed by atoms with van der Waals surface area (Å²) < 4.78 is 32.2. The maximum Gasteiger partial charge on any atom is 0.246 e. The Morgan fingerprint density at radius 2 is 2.11 bits per heavy atom. The van der Waals surface area contributed by atoms with Crippen molar-refractivity contribution in [3.05, 3.63) is 16.7 Å². The molecule has 1 aliphatic rings. The van der Waals surface area contributed by atoms with Crippen LogP contribution in [0.5, 0.6) is 0 Å². The number of nitrogens with zero attached hydrogens (tertiary/aromatic N) is 2. The van der Waals surface area contributed by atoms with Crippen LogP contribution in [0.2, 0.25) is 0 Å². The lowest BCUT2D eigenvalue weighted by molar-refractivity contribution is 0.0730. The van der Waals surface area contributed by atoms with E-state index in [1.54, 1.807) is 19.3 Å². The zero-order valence-corrected chi connectivity index (χ0v) is 12.3.